The molecular formula is C11H7ClF3NO. The number of oxazole rings is 1. The second-order valence-corrected chi connectivity index (χ2v) is 3.74. The quantitative estimate of drug-likeness (QED) is 0.764. The van der Waals surface area contributed by atoms with Crippen LogP contribution < -0.4 is 0 Å². The van der Waals surface area contributed by atoms with Crippen LogP contribution in [0.2, 0.25) is 5.35 Å². The molecule has 0 saturated carbocycles. The van der Waals surface area contributed by atoms with E-state index in [0.29, 0.717) is 0 Å². The number of halogens is 4. The van der Waals surface area contributed by atoms with Crippen LogP contribution in [0.3, 0.4) is 0 Å². The van der Waals surface area contributed by atoms with E-state index in [4.69, 9.17) is 16.0 Å². The number of aryl methyl sites for hydroxylation is 1. The molecule has 0 N–H and O–H groups in total. The number of alkyl halides is 3. The minimum Gasteiger partial charge on any atom is -0.432 e. The van der Waals surface area contributed by atoms with Crippen molar-refractivity contribution in [2.45, 2.75) is 13.1 Å². The first-order chi connectivity index (χ1) is 7.89. The fourth-order valence-electron chi connectivity index (χ4n) is 1.55. The predicted molar refractivity (Wildman–Crippen MR) is 56.7 cm³/mol. The van der Waals surface area contributed by atoms with Gasteiger partial charge in [-0.1, -0.05) is 18.2 Å². The van der Waals surface area contributed by atoms with Gasteiger partial charge in [0.1, 0.15) is 11.5 Å². The number of rotatable bonds is 1. The Hall–Kier alpha value is -1.49. The van der Waals surface area contributed by atoms with Gasteiger partial charge in [-0.3, -0.25) is 0 Å². The zero-order valence-corrected chi connectivity index (χ0v) is 9.43. The summed E-state index contributed by atoms with van der Waals surface area (Å²) in [5, 5.41) is -0.172. The molecule has 0 radical (unpaired) electrons. The number of hydrogen-bond acceptors (Lipinski definition) is 2. The van der Waals surface area contributed by atoms with E-state index in [0.717, 1.165) is 6.07 Å². The molecule has 0 unspecified atom stereocenters. The van der Waals surface area contributed by atoms with Crippen LogP contribution in [0.15, 0.2) is 28.7 Å². The van der Waals surface area contributed by atoms with Gasteiger partial charge >= 0.3 is 6.18 Å². The van der Waals surface area contributed by atoms with Crippen LogP contribution in [0.25, 0.3) is 11.3 Å². The highest BCUT2D eigenvalue weighted by Crippen LogP contribution is 2.38. The molecule has 2 rings (SSSR count). The largest absolute Gasteiger partial charge is 0.432 e. The summed E-state index contributed by atoms with van der Waals surface area (Å²) in [6.45, 7) is 1.52. The molecule has 2 aromatic rings. The minimum atomic E-state index is -4.44. The average molecular weight is 262 g/mol. The summed E-state index contributed by atoms with van der Waals surface area (Å²) in [7, 11) is 0. The lowest BCUT2D eigenvalue weighted by Gasteiger charge is -2.10. The Labute approximate surface area is 100 Å². The van der Waals surface area contributed by atoms with E-state index in [1.165, 1.54) is 25.1 Å². The van der Waals surface area contributed by atoms with Crippen molar-refractivity contribution in [3.05, 3.63) is 40.9 Å². The second-order valence-electron chi connectivity index (χ2n) is 3.41. The summed E-state index contributed by atoms with van der Waals surface area (Å²) in [5.74, 6) is 0.256. The molecular weight excluding hydrogens is 255 g/mol. The number of aromatic nitrogens is 1. The standard InChI is InChI=1S/C11H7ClF3NO/c1-6-9(16-10(12)17-6)7-4-2-3-5-8(7)11(13,14)15/h2-5H,1H3. The van der Waals surface area contributed by atoms with E-state index in [9.17, 15) is 13.2 Å². The Kier molecular flexibility index (Phi) is 2.87. The Balaban J connectivity index is 2.64. The lowest BCUT2D eigenvalue weighted by molar-refractivity contribution is -0.137. The molecule has 1 heterocycles. The highest BCUT2D eigenvalue weighted by atomic mass is 35.5. The van der Waals surface area contributed by atoms with Gasteiger partial charge in [0.05, 0.1) is 5.56 Å². The minimum absolute atomic E-state index is 0.0341. The smallest absolute Gasteiger partial charge is 0.417 e. The summed E-state index contributed by atoms with van der Waals surface area (Å²) in [6.07, 6.45) is -4.44. The molecule has 90 valence electrons. The van der Waals surface area contributed by atoms with Crippen molar-refractivity contribution >= 4 is 11.6 Å². The third kappa shape index (κ3) is 2.29. The molecule has 0 saturated heterocycles. The molecule has 0 fully saturated rings. The number of benzene rings is 1. The van der Waals surface area contributed by atoms with Gasteiger partial charge in [0.15, 0.2) is 0 Å². The normalized spacial score (nSPS) is 11.8. The molecule has 6 heteroatoms. The van der Waals surface area contributed by atoms with Gasteiger partial charge in [-0.25, -0.2) is 0 Å². The Morgan fingerprint density at radius 3 is 2.41 bits per heavy atom. The number of nitrogens with zero attached hydrogens (tertiary/aromatic N) is 1. The van der Waals surface area contributed by atoms with Crippen molar-refractivity contribution in [1.29, 1.82) is 0 Å². The van der Waals surface area contributed by atoms with Crippen molar-refractivity contribution in [3.8, 4) is 11.3 Å². The van der Waals surface area contributed by atoms with Crippen LogP contribution in [-0.2, 0) is 6.18 Å². The molecule has 1 aromatic heterocycles. The van der Waals surface area contributed by atoms with Gasteiger partial charge in [-0.2, -0.15) is 18.2 Å². The fourth-order valence-corrected chi connectivity index (χ4v) is 1.75. The Morgan fingerprint density at radius 2 is 1.88 bits per heavy atom. The summed E-state index contributed by atoms with van der Waals surface area (Å²) in [5.41, 5.74) is -0.677. The maximum absolute atomic E-state index is 12.8. The van der Waals surface area contributed by atoms with Gasteiger partial charge in [0, 0.05) is 5.56 Å². The zero-order valence-electron chi connectivity index (χ0n) is 8.68. The monoisotopic (exact) mass is 261 g/mol. The maximum atomic E-state index is 12.8. The first-order valence-electron chi connectivity index (χ1n) is 4.69. The second kappa shape index (κ2) is 4.07. The zero-order chi connectivity index (χ0) is 12.6. The van der Waals surface area contributed by atoms with Crippen LogP contribution in [0, 0.1) is 6.92 Å². The molecule has 0 aliphatic heterocycles. The topological polar surface area (TPSA) is 26.0 Å². The van der Waals surface area contributed by atoms with Crippen molar-refractivity contribution < 1.29 is 17.6 Å². The molecule has 1 aromatic carbocycles. The fraction of sp³-hybridized carbons (Fsp3) is 0.182. The van der Waals surface area contributed by atoms with Crippen molar-refractivity contribution in [2.24, 2.45) is 0 Å². The molecule has 0 amide bonds. The molecule has 2 nitrogen and oxygen atoms in total. The Bertz CT molecular complexity index is 548. The SMILES string of the molecule is Cc1oc(Cl)nc1-c1ccccc1C(F)(F)F. The maximum Gasteiger partial charge on any atom is 0.417 e. The van der Waals surface area contributed by atoms with Crippen molar-refractivity contribution in [1.82, 2.24) is 4.98 Å². The van der Waals surface area contributed by atoms with Crippen LogP contribution >= 0.6 is 11.6 Å². The van der Waals surface area contributed by atoms with E-state index in [1.807, 2.05) is 0 Å². The molecule has 0 aliphatic carbocycles. The van der Waals surface area contributed by atoms with E-state index < -0.39 is 11.7 Å². The molecule has 0 bridgehead atoms. The molecule has 0 atom stereocenters. The molecule has 17 heavy (non-hydrogen) atoms. The van der Waals surface area contributed by atoms with E-state index >= 15 is 0 Å². The van der Waals surface area contributed by atoms with Crippen molar-refractivity contribution in [2.75, 3.05) is 0 Å². The van der Waals surface area contributed by atoms with Gasteiger partial charge in [-0.05, 0) is 24.6 Å². The third-order valence-electron chi connectivity index (χ3n) is 2.26. The van der Waals surface area contributed by atoms with Crippen LogP contribution in [0.5, 0.6) is 0 Å². The van der Waals surface area contributed by atoms with Crippen LogP contribution in [0.4, 0.5) is 13.2 Å². The summed E-state index contributed by atoms with van der Waals surface area (Å²) < 4.78 is 43.3. The van der Waals surface area contributed by atoms with Crippen LogP contribution in [0.1, 0.15) is 11.3 Å². The summed E-state index contributed by atoms with van der Waals surface area (Å²) >= 11 is 5.52. The van der Waals surface area contributed by atoms with Gasteiger partial charge in [-0.15, -0.1) is 0 Å². The first-order valence-corrected chi connectivity index (χ1v) is 5.07. The lowest BCUT2D eigenvalue weighted by Crippen LogP contribution is -2.07. The average Bonchev–Trinajstić information content (AvgIpc) is 2.56. The van der Waals surface area contributed by atoms with E-state index in [1.54, 1.807) is 0 Å². The summed E-state index contributed by atoms with van der Waals surface area (Å²) in [4.78, 5) is 3.75. The predicted octanol–water partition coefficient (Wildman–Crippen LogP) is 4.32. The lowest BCUT2D eigenvalue weighted by atomic mass is 10.0. The molecule has 0 aliphatic rings. The first kappa shape index (κ1) is 12.0. The highest BCUT2D eigenvalue weighted by Gasteiger charge is 2.34. The van der Waals surface area contributed by atoms with Gasteiger partial charge in [0.2, 0.25) is 0 Å². The third-order valence-corrected chi connectivity index (χ3v) is 2.42. The van der Waals surface area contributed by atoms with Crippen LogP contribution in [-0.4, -0.2) is 4.98 Å². The highest BCUT2D eigenvalue weighted by molar-refractivity contribution is 6.27. The van der Waals surface area contributed by atoms with Crippen molar-refractivity contribution in [3.63, 3.8) is 0 Å². The van der Waals surface area contributed by atoms with E-state index in [-0.39, 0.29) is 22.4 Å². The number of hydrogen-bond donors (Lipinski definition) is 0. The van der Waals surface area contributed by atoms with E-state index in [2.05, 4.69) is 4.98 Å². The summed E-state index contributed by atoms with van der Waals surface area (Å²) in [6, 6.07) is 5.16. The Morgan fingerprint density at radius 1 is 1.24 bits per heavy atom. The van der Waals surface area contributed by atoms with Gasteiger partial charge in [0.25, 0.3) is 5.35 Å². The molecule has 0 spiro atoms. The van der Waals surface area contributed by atoms with Gasteiger partial charge < -0.3 is 4.42 Å².